The number of aliphatic hydroxyl groups excluding tert-OH is 1. The summed E-state index contributed by atoms with van der Waals surface area (Å²) in [6.07, 6.45) is 0.129. The summed E-state index contributed by atoms with van der Waals surface area (Å²) in [5.41, 5.74) is -0.768. The molecule has 0 aliphatic carbocycles. The molecule has 0 saturated carbocycles. The Morgan fingerprint density at radius 3 is 2.72 bits per heavy atom. The minimum absolute atomic E-state index is 0.278. The van der Waals surface area contributed by atoms with Gasteiger partial charge in [0.2, 0.25) is 0 Å². The van der Waals surface area contributed by atoms with Gasteiger partial charge in [0, 0.05) is 10.6 Å². The van der Waals surface area contributed by atoms with E-state index < -0.39 is 17.7 Å². The standard InChI is InChI=1S/C13H13ClO4/c1-13(10(17-2)7-11(15)18-13)12(16)8-5-3-4-6-9(8)14/h3-7,12,16H,1-2H3. The molecular formula is C13H13ClO4. The van der Waals surface area contributed by atoms with Crippen LogP contribution >= 0.6 is 11.6 Å². The third kappa shape index (κ3) is 1.98. The van der Waals surface area contributed by atoms with Crippen LogP contribution in [0.15, 0.2) is 36.1 Å². The van der Waals surface area contributed by atoms with Gasteiger partial charge in [-0.25, -0.2) is 4.79 Å². The Labute approximate surface area is 110 Å². The second kappa shape index (κ2) is 4.63. The topological polar surface area (TPSA) is 55.8 Å². The third-order valence-electron chi connectivity index (χ3n) is 2.99. The van der Waals surface area contributed by atoms with Crippen molar-refractivity contribution in [2.75, 3.05) is 7.11 Å². The first-order valence-corrected chi connectivity index (χ1v) is 5.78. The molecule has 1 heterocycles. The highest BCUT2D eigenvalue weighted by Gasteiger charge is 2.47. The molecule has 1 aromatic rings. The van der Waals surface area contributed by atoms with Crippen molar-refractivity contribution in [2.45, 2.75) is 18.6 Å². The predicted molar refractivity (Wildman–Crippen MR) is 66.0 cm³/mol. The number of aliphatic hydroxyl groups is 1. The predicted octanol–water partition coefficient (Wildman–Crippen LogP) is 2.22. The number of carbonyl (C=O) groups is 1. The zero-order valence-electron chi connectivity index (χ0n) is 10.0. The van der Waals surface area contributed by atoms with E-state index in [-0.39, 0.29) is 5.76 Å². The molecule has 18 heavy (non-hydrogen) atoms. The zero-order chi connectivity index (χ0) is 13.3. The Kier molecular flexibility index (Phi) is 3.32. The maximum atomic E-state index is 11.3. The van der Waals surface area contributed by atoms with Gasteiger partial charge in [0.1, 0.15) is 11.9 Å². The van der Waals surface area contributed by atoms with Gasteiger partial charge >= 0.3 is 5.97 Å². The number of hydrogen-bond donors (Lipinski definition) is 1. The smallest absolute Gasteiger partial charge is 0.335 e. The zero-order valence-corrected chi connectivity index (χ0v) is 10.8. The number of benzene rings is 1. The summed E-state index contributed by atoms with van der Waals surface area (Å²) in [5, 5.41) is 10.8. The van der Waals surface area contributed by atoms with Gasteiger partial charge in [-0.3, -0.25) is 0 Å². The molecule has 1 aliphatic rings. The molecule has 5 heteroatoms. The lowest BCUT2D eigenvalue weighted by atomic mass is 9.91. The first-order valence-electron chi connectivity index (χ1n) is 5.40. The van der Waals surface area contributed by atoms with Crippen LogP contribution in [0.5, 0.6) is 0 Å². The third-order valence-corrected chi connectivity index (χ3v) is 3.34. The van der Waals surface area contributed by atoms with E-state index in [1.807, 2.05) is 0 Å². The minimum atomic E-state index is -1.25. The highest BCUT2D eigenvalue weighted by Crippen LogP contribution is 2.41. The van der Waals surface area contributed by atoms with E-state index in [0.29, 0.717) is 10.6 Å². The number of methoxy groups -OCH3 is 1. The average molecular weight is 269 g/mol. The maximum Gasteiger partial charge on any atom is 0.335 e. The van der Waals surface area contributed by atoms with Crippen LogP contribution in [0.25, 0.3) is 0 Å². The molecular weight excluding hydrogens is 256 g/mol. The van der Waals surface area contributed by atoms with Crippen LogP contribution < -0.4 is 0 Å². The van der Waals surface area contributed by atoms with Crippen molar-refractivity contribution in [3.8, 4) is 0 Å². The lowest BCUT2D eigenvalue weighted by molar-refractivity contribution is -0.157. The number of rotatable bonds is 3. The van der Waals surface area contributed by atoms with E-state index in [1.165, 1.54) is 13.2 Å². The fourth-order valence-electron chi connectivity index (χ4n) is 1.98. The number of halogens is 1. The van der Waals surface area contributed by atoms with Crippen molar-refractivity contribution in [1.29, 1.82) is 0 Å². The number of cyclic esters (lactones) is 1. The molecule has 4 nitrogen and oxygen atoms in total. The molecule has 96 valence electrons. The fourth-order valence-corrected chi connectivity index (χ4v) is 2.22. The summed E-state index contributed by atoms with van der Waals surface area (Å²) in [6.45, 7) is 1.58. The van der Waals surface area contributed by atoms with E-state index in [0.717, 1.165) is 0 Å². The van der Waals surface area contributed by atoms with E-state index in [1.54, 1.807) is 31.2 Å². The molecule has 2 atom stereocenters. The molecule has 0 fully saturated rings. The Hall–Kier alpha value is -1.52. The quantitative estimate of drug-likeness (QED) is 0.854. The van der Waals surface area contributed by atoms with Crippen LogP contribution in [0, 0.1) is 0 Å². The fraction of sp³-hybridized carbons (Fsp3) is 0.308. The molecule has 2 rings (SSSR count). The van der Waals surface area contributed by atoms with Crippen LogP contribution in [-0.4, -0.2) is 23.8 Å². The van der Waals surface area contributed by atoms with Crippen LogP contribution in [0.3, 0.4) is 0 Å². The van der Waals surface area contributed by atoms with Crippen molar-refractivity contribution < 1.29 is 19.4 Å². The van der Waals surface area contributed by atoms with Crippen LogP contribution in [-0.2, 0) is 14.3 Å². The normalized spacial score (nSPS) is 24.4. The Balaban J connectivity index is 2.40. The van der Waals surface area contributed by atoms with Crippen LogP contribution in [0.1, 0.15) is 18.6 Å². The van der Waals surface area contributed by atoms with Crippen molar-refractivity contribution in [3.05, 3.63) is 46.7 Å². The lowest BCUT2D eigenvalue weighted by Crippen LogP contribution is -2.36. The molecule has 0 saturated heterocycles. The molecule has 0 spiro atoms. The maximum absolute atomic E-state index is 11.3. The van der Waals surface area contributed by atoms with E-state index in [2.05, 4.69) is 0 Å². The SMILES string of the molecule is COC1=CC(=O)OC1(C)C(O)c1ccccc1Cl. The first kappa shape index (κ1) is 12.9. The highest BCUT2D eigenvalue weighted by molar-refractivity contribution is 6.31. The van der Waals surface area contributed by atoms with Gasteiger partial charge in [0.15, 0.2) is 5.60 Å². The summed E-state index contributed by atoms with van der Waals surface area (Å²) in [7, 11) is 1.42. The Morgan fingerprint density at radius 2 is 2.11 bits per heavy atom. The van der Waals surface area contributed by atoms with Gasteiger partial charge in [-0.1, -0.05) is 29.8 Å². The number of ether oxygens (including phenoxy) is 2. The average Bonchev–Trinajstić information content (AvgIpc) is 2.65. The van der Waals surface area contributed by atoms with E-state index in [4.69, 9.17) is 21.1 Å². The van der Waals surface area contributed by atoms with Crippen molar-refractivity contribution in [2.24, 2.45) is 0 Å². The minimum Gasteiger partial charge on any atom is -0.496 e. The van der Waals surface area contributed by atoms with Crippen LogP contribution in [0.2, 0.25) is 5.02 Å². The number of esters is 1. The van der Waals surface area contributed by atoms with Crippen LogP contribution in [0.4, 0.5) is 0 Å². The molecule has 0 amide bonds. The largest absolute Gasteiger partial charge is 0.496 e. The van der Waals surface area contributed by atoms with E-state index in [9.17, 15) is 9.90 Å². The summed E-state index contributed by atoms with van der Waals surface area (Å²) >= 11 is 6.03. The molecule has 2 unspecified atom stereocenters. The van der Waals surface area contributed by atoms with Gasteiger partial charge in [0.05, 0.1) is 13.2 Å². The first-order chi connectivity index (χ1) is 8.49. The molecule has 1 N–H and O–H groups in total. The summed E-state index contributed by atoms with van der Waals surface area (Å²) in [5.74, 6) is -0.264. The Bertz CT molecular complexity index is 511. The highest BCUT2D eigenvalue weighted by atomic mass is 35.5. The second-order valence-corrected chi connectivity index (χ2v) is 4.57. The molecule has 0 radical (unpaired) electrons. The molecule has 1 aromatic carbocycles. The van der Waals surface area contributed by atoms with Gasteiger partial charge in [-0.05, 0) is 13.0 Å². The van der Waals surface area contributed by atoms with Gasteiger partial charge in [-0.2, -0.15) is 0 Å². The lowest BCUT2D eigenvalue weighted by Gasteiger charge is -2.31. The van der Waals surface area contributed by atoms with Crippen molar-refractivity contribution in [3.63, 3.8) is 0 Å². The second-order valence-electron chi connectivity index (χ2n) is 4.16. The van der Waals surface area contributed by atoms with Crippen molar-refractivity contribution >= 4 is 17.6 Å². The molecule has 0 aromatic heterocycles. The molecule has 1 aliphatic heterocycles. The monoisotopic (exact) mass is 268 g/mol. The molecule has 0 bridgehead atoms. The number of carbonyl (C=O) groups excluding carboxylic acids is 1. The Morgan fingerprint density at radius 1 is 1.44 bits per heavy atom. The summed E-state index contributed by atoms with van der Waals surface area (Å²) < 4.78 is 10.3. The summed E-state index contributed by atoms with van der Waals surface area (Å²) in [4.78, 5) is 11.3. The van der Waals surface area contributed by atoms with Gasteiger partial charge in [-0.15, -0.1) is 0 Å². The van der Waals surface area contributed by atoms with Crippen molar-refractivity contribution in [1.82, 2.24) is 0 Å². The van der Waals surface area contributed by atoms with Gasteiger partial charge in [0.25, 0.3) is 0 Å². The van der Waals surface area contributed by atoms with Gasteiger partial charge < -0.3 is 14.6 Å². The van der Waals surface area contributed by atoms with E-state index >= 15 is 0 Å². The number of hydrogen-bond acceptors (Lipinski definition) is 4. The summed E-state index contributed by atoms with van der Waals surface area (Å²) in [6, 6.07) is 6.85.